The third kappa shape index (κ3) is 5.37. The molecule has 0 radical (unpaired) electrons. The lowest BCUT2D eigenvalue weighted by molar-refractivity contribution is 0.583. The molecule has 0 saturated heterocycles. The van der Waals surface area contributed by atoms with Crippen molar-refractivity contribution in [3.05, 3.63) is 94.5 Å². The van der Waals surface area contributed by atoms with E-state index in [0.717, 1.165) is 23.0 Å². The molecular formula is C25H22F2N6O. The predicted octanol–water partition coefficient (Wildman–Crippen LogP) is 4.31. The van der Waals surface area contributed by atoms with Gasteiger partial charge in [0.25, 0.3) is 5.56 Å². The van der Waals surface area contributed by atoms with Crippen LogP contribution in [0.15, 0.2) is 76.8 Å². The van der Waals surface area contributed by atoms with Crippen molar-refractivity contribution in [3.8, 4) is 22.6 Å². The first-order chi connectivity index (χ1) is 16.3. The van der Waals surface area contributed by atoms with Crippen LogP contribution in [0.4, 0.5) is 14.5 Å². The summed E-state index contributed by atoms with van der Waals surface area (Å²) in [5.74, 6) is -0.0706. The smallest absolute Gasteiger partial charge is 0.267 e. The van der Waals surface area contributed by atoms with Crippen molar-refractivity contribution in [1.82, 2.24) is 24.6 Å². The van der Waals surface area contributed by atoms with E-state index in [1.54, 1.807) is 12.4 Å². The van der Waals surface area contributed by atoms with E-state index in [1.807, 2.05) is 50.2 Å². The minimum Gasteiger partial charge on any atom is -0.366 e. The van der Waals surface area contributed by atoms with E-state index in [2.05, 4.69) is 20.1 Å². The summed E-state index contributed by atoms with van der Waals surface area (Å²) in [6.45, 7) is 2.07. The van der Waals surface area contributed by atoms with Crippen LogP contribution in [0, 0.1) is 11.6 Å². The van der Waals surface area contributed by atoms with E-state index >= 15 is 0 Å². The molecular weight excluding hydrogens is 438 g/mol. The maximum Gasteiger partial charge on any atom is 0.267 e. The molecule has 0 aliphatic heterocycles. The zero-order chi connectivity index (χ0) is 24.2. The molecule has 9 heteroatoms. The van der Waals surface area contributed by atoms with Crippen molar-refractivity contribution < 1.29 is 8.78 Å². The van der Waals surface area contributed by atoms with Gasteiger partial charge >= 0.3 is 0 Å². The molecule has 0 aliphatic carbocycles. The Labute approximate surface area is 195 Å². The molecule has 2 aromatic heterocycles. The Hall–Kier alpha value is -4.27. The summed E-state index contributed by atoms with van der Waals surface area (Å²) in [5.41, 5.74) is 2.42. The van der Waals surface area contributed by atoms with Gasteiger partial charge in [-0.1, -0.05) is 18.2 Å². The third-order valence-corrected chi connectivity index (χ3v) is 5.12. The second-order valence-corrected chi connectivity index (χ2v) is 7.89. The minimum atomic E-state index is -0.712. The molecule has 2 heterocycles. The lowest BCUT2D eigenvalue weighted by Crippen LogP contribution is -2.22. The molecule has 7 nitrogen and oxygen atoms in total. The number of aliphatic imine (C=N–C) groups is 1. The van der Waals surface area contributed by atoms with E-state index in [1.165, 1.54) is 28.9 Å². The van der Waals surface area contributed by atoms with Crippen LogP contribution in [0.3, 0.4) is 0 Å². The van der Waals surface area contributed by atoms with Crippen molar-refractivity contribution in [2.45, 2.75) is 13.5 Å². The molecule has 4 rings (SSSR count). The van der Waals surface area contributed by atoms with Crippen molar-refractivity contribution in [1.29, 1.82) is 0 Å². The van der Waals surface area contributed by atoms with Crippen LogP contribution in [-0.4, -0.2) is 44.6 Å². The van der Waals surface area contributed by atoms with Gasteiger partial charge in [0.2, 0.25) is 0 Å². The van der Waals surface area contributed by atoms with Gasteiger partial charge in [-0.25, -0.2) is 28.4 Å². The van der Waals surface area contributed by atoms with Crippen molar-refractivity contribution >= 4 is 11.5 Å². The zero-order valence-electron chi connectivity index (χ0n) is 18.9. The van der Waals surface area contributed by atoms with Gasteiger partial charge in [-0.2, -0.15) is 5.10 Å². The summed E-state index contributed by atoms with van der Waals surface area (Å²) in [7, 11) is 3.82. The Morgan fingerprint density at radius 3 is 2.35 bits per heavy atom. The van der Waals surface area contributed by atoms with Crippen LogP contribution < -0.4 is 5.56 Å². The number of hydrogen-bond acceptors (Lipinski definition) is 5. The maximum atomic E-state index is 13.6. The van der Waals surface area contributed by atoms with Crippen LogP contribution in [0.25, 0.3) is 22.6 Å². The number of hydrogen-bond donors (Lipinski definition) is 0. The molecule has 172 valence electrons. The molecule has 0 saturated carbocycles. The van der Waals surface area contributed by atoms with Crippen molar-refractivity contribution in [3.63, 3.8) is 0 Å². The number of aromatic nitrogens is 4. The molecule has 0 spiro atoms. The molecule has 34 heavy (non-hydrogen) atoms. The number of nitrogens with zero attached hydrogens (tertiary/aromatic N) is 6. The quantitative estimate of drug-likeness (QED) is 0.328. The summed E-state index contributed by atoms with van der Waals surface area (Å²) >= 11 is 0. The molecule has 0 aliphatic rings. The first-order valence-electron chi connectivity index (χ1n) is 10.5. The zero-order valence-corrected chi connectivity index (χ0v) is 18.9. The van der Waals surface area contributed by atoms with Gasteiger partial charge in [0.1, 0.15) is 23.2 Å². The van der Waals surface area contributed by atoms with E-state index in [9.17, 15) is 13.6 Å². The van der Waals surface area contributed by atoms with E-state index in [0.29, 0.717) is 17.2 Å². The summed E-state index contributed by atoms with van der Waals surface area (Å²) in [4.78, 5) is 27.5. The molecule has 0 bridgehead atoms. The highest BCUT2D eigenvalue weighted by atomic mass is 19.1. The van der Waals surface area contributed by atoms with Gasteiger partial charge in [-0.3, -0.25) is 4.79 Å². The second kappa shape index (κ2) is 9.70. The third-order valence-electron chi connectivity index (χ3n) is 5.12. The molecule has 0 fully saturated rings. The SMILES string of the molecule is CC(=Nc1cnc(-c2cccc(Cn3nc(-c4cc(F)cc(F)c4)ccc3=O)c2)nc1)N(C)C. The fraction of sp³-hybridized carbons (Fsp3) is 0.160. The predicted molar refractivity (Wildman–Crippen MR) is 127 cm³/mol. The van der Waals surface area contributed by atoms with Gasteiger partial charge < -0.3 is 4.90 Å². The Morgan fingerprint density at radius 1 is 0.971 bits per heavy atom. The normalized spacial score (nSPS) is 11.5. The van der Waals surface area contributed by atoms with Crippen LogP contribution in [0.5, 0.6) is 0 Å². The highest BCUT2D eigenvalue weighted by molar-refractivity contribution is 5.81. The Bertz CT molecular complexity index is 1390. The fourth-order valence-electron chi connectivity index (χ4n) is 3.21. The number of rotatable bonds is 5. The molecule has 0 amide bonds. The fourth-order valence-corrected chi connectivity index (χ4v) is 3.21. The largest absolute Gasteiger partial charge is 0.366 e. The average molecular weight is 460 g/mol. The summed E-state index contributed by atoms with van der Waals surface area (Å²) < 4.78 is 28.5. The summed E-state index contributed by atoms with van der Waals surface area (Å²) in [6, 6.07) is 13.3. The average Bonchev–Trinajstić information content (AvgIpc) is 2.80. The van der Waals surface area contributed by atoms with Gasteiger partial charge in [-0.05, 0) is 36.8 Å². The first kappa shape index (κ1) is 22.9. The van der Waals surface area contributed by atoms with E-state index in [-0.39, 0.29) is 17.7 Å². The Kier molecular flexibility index (Phi) is 6.53. The number of benzene rings is 2. The van der Waals surface area contributed by atoms with Crippen LogP contribution in [0.2, 0.25) is 0 Å². The first-order valence-corrected chi connectivity index (χ1v) is 10.5. The number of halogens is 2. The standard InChI is InChI=1S/C25H22F2N6O/c1-16(32(2)3)30-22-13-28-25(29-14-22)18-6-4-5-17(9-18)15-33-24(34)8-7-23(31-33)19-10-20(26)12-21(27)11-19/h4-14H,15H2,1-3H3. The summed E-state index contributed by atoms with van der Waals surface area (Å²) in [6.07, 6.45) is 3.30. The highest BCUT2D eigenvalue weighted by Crippen LogP contribution is 2.21. The van der Waals surface area contributed by atoms with Gasteiger partial charge in [0.15, 0.2) is 5.82 Å². The van der Waals surface area contributed by atoms with Crippen molar-refractivity contribution in [2.75, 3.05) is 14.1 Å². The molecule has 0 unspecified atom stereocenters. The van der Waals surface area contributed by atoms with E-state index < -0.39 is 11.6 Å². The molecule has 4 aromatic rings. The van der Waals surface area contributed by atoms with Crippen LogP contribution >= 0.6 is 0 Å². The summed E-state index contributed by atoms with van der Waals surface area (Å²) in [5, 5.41) is 4.30. The second-order valence-electron chi connectivity index (χ2n) is 7.89. The molecule has 2 aromatic carbocycles. The maximum absolute atomic E-state index is 13.6. The molecule has 0 atom stereocenters. The Balaban J connectivity index is 1.59. The van der Waals surface area contributed by atoms with Crippen molar-refractivity contribution in [2.24, 2.45) is 4.99 Å². The van der Waals surface area contributed by atoms with Crippen LogP contribution in [0.1, 0.15) is 12.5 Å². The number of amidine groups is 1. The lowest BCUT2D eigenvalue weighted by atomic mass is 10.1. The monoisotopic (exact) mass is 460 g/mol. The van der Waals surface area contributed by atoms with Gasteiger partial charge in [0.05, 0.1) is 24.6 Å². The van der Waals surface area contributed by atoms with Gasteiger partial charge in [-0.15, -0.1) is 0 Å². The Morgan fingerprint density at radius 2 is 1.68 bits per heavy atom. The van der Waals surface area contributed by atoms with Gasteiger partial charge in [0, 0.05) is 37.4 Å². The lowest BCUT2D eigenvalue weighted by Gasteiger charge is -2.11. The van der Waals surface area contributed by atoms with Crippen LogP contribution in [-0.2, 0) is 6.54 Å². The van der Waals surface area contributed by atoms with E-state index in [4.69, 9.17) is 0 Å². The highest BCUT2D eigenvalue weighted by Gasteiger charge is 2.09. The topological polar surface area (TPSA) is 76.3 Å². The molecule has 0 N–H and O–H groups in total. The minimum absolute atomic E-state index is 0.169.